The number of hydrazine groups is 1. The van der Waals surface area contributed by atoms with Gasteiger partial charge in [0.25, 0.3) is 11.8 Å². The van der Waals surface area contributed by atoms with Crippen molar-refractivity contribution >= 4 is 29.5 Å². The van der Waals surface area contributed by atoms with Gasteiger partial charge in [-0.1, -0.05) is 17.7 Å². The van der Waals surface area contributed by atoms with E-state index in [4.69, 9.17) is 4.42 Å². The highest BCUT2D eigenvalue weighted by Crippen LogP contribution is 2.23. The van der Waals surface area contributed by atoms with Crippen LogP contribution in [0.15, 0.2) is 46.4 Å². The highest BCUT2D eigenvalue weighted by molar-refractivity contribution is 6.31. The predicted molar refractivity (Wildman–Crippen MR) is 80.1 cm³/mol. The summed E-state index contributed by atoms with van der Waals surface area (Å²) in [5.41, 5.74) is 3.82. The van der Waals surface area contributed by atoms with Crippen molar-refractivity contribution in [2.45, 2.75) is 6.92 Å². The molecule has 8 heteroatoms. The number of hydrogen-bond acceptors (Lipinski definition) is 5. The van der Waals surface area contributed by atoms with Crippen LogP contribution >= 0.6 is 0 Å². The fourth-order valence-corrected chi connectivity index (χ4v) is 2.09. The Morgan fingerprint density at radius 1 is 1.17 bits per heavy atom. The van der Waals surface area contributed by atoms with Crippen LogP contribution in [0.5, 0.6) is 0 Å². The number of hydrogen-bond donors (Lipinski definition) is 1. The van der Waals surface area contributed by atoms with E-state index in [0.717, 1.165) is 16.6 Å². The van der Waals surface area contributed by atoms with E-state index in [1.54, 1.807) is 12.1 Å². The Morgan fingerprint density at radius 3 is 2.48 bits per heavy atom. The molecule has 116 valence electrons. The third-order valence-corrected chi connectivity index (χ3v) is 3.26. The monoisotopic (exact) mass is 313 g/mol. The maximum Gasteiger partial charge on any atom is 0.433 e. The van der Waals surface area contributed by atoms with E-state index in [9.17, 15) is 19.7 Å². The summed E-state index contributed by atoms with van der Waals surface area (Å²) in [4.78, 5) is 34.2. The maximum atomic E-state index is 12.3. The summed E-state index contributed by atoms with van der Waals surface area (Å²) in [5.74, 6) is -1.56. The van der Waals surface area contributed by atoms with Crippen LogP contribution in [0.25, 0.3) is 6.08 Å². The summed E-state index contributed by atoms with van der Waals surface area (Å²) in [6.07, 6.45) is 1.18. The molecule has 2 amide bonds. The van der Waals surface area contributed by atoms with E-state index >= 15 is 0 Å². The fourth-order valence-electron chi connectivity index (χ4n) is 2.09. The molecule has 1 saturated heterocycles. The lowest BCUT2D eigenvalue weighted by atomic mass is 10.2. The van der Waals surface area contributed by atoms with E-state index in [2.05, 4.69) is 5.43 Å². The van der Waals surface area contributed by atoms with Crippen LogP contribution in [0.1, 0.15) is 11.3 Å². The van der Waals surface area contributed by atoms with E-state index in [1.807, 2.05) is 19.1 Å². The zero-order valence-corrected chi connectivity index (χ0v) is 12.0. The van der Waals surface area contributed by atoms with Crippen molar-refractivity contribution in [3.05, 3.63) is 63.4 Å². The van der Waals surface area contributed by atoms with Gasteiger partial charge < -0.3 is 4.42 Å². The van der Waals surface area contributed by atoms with E-state index in [1.165, 1.54) is 12.1 Å². The van der Waals surface area contributed by atoms with Gasteiger partial charge in [-0.05, 0) is 31.2 Å². The largest absolute Gasteiger partial charge is 0.433 e. The predicted octanol–water partition coefficient (Wildman–Crippen LogP) is 1.96. The van der Waals surface area contributed by atoms with Gasteiger partial charge in [-0.2, -0.15) is 0 Å². The molecule has 2 aromatic rings. The highest BCUT2D eigenvalue weighted by Gasteiger charge is 2.34. The average molecular weight is 313 g/mol. The third kappa shape index (κ3) is 2.69. The van der Waals surface area contributed by atoms with Gasteiger partial charge in [0.15, 0.2) is 0 Å². The second kappa shape index (κ2) is 5.41. The smallest absolute Gasteiger partial charge is 0.401 e. The second-order valence-corrected chi connectivity index (χ2v) is 4.91. The van der Waals surface area contributed by atoms with Gasteiger partial charge in [-0.25, -0.2) is 5.01 Å². The Balaban J connectivity index is 1.90. The highest BCUT2D eigenvalue weighted by atomic mass is 16.6. The van der Waals surface area contributed by atoms with Crippen LogP contribution < -0.4 is 10.4 Å². The fraction of sp³-hybridized carbons (Fsp3) is 0.0667. The first-order chi connectivity index (χ1) is 11.0. The third-order valence-electron chi connectivity index (χ3n) is 3.26. The Labute approximate surface area is 130 Å². The molecular weight excluding hydrogens is 302 g/mol. The second-order valence-electron chi connectivity index (χ2n) is 4.91. The molecule has 0 radical (unpaired) electrons. The van der Waals surface area contributed by atoms with E-state index in [-0.39, 0.29) is 11.3 Å². The lowest BCUT2D eigenvalue weighted by Gasteiger charge is -2.14. The van der Waals surface area contributed by atoms with Gasteiger partial charge in [-0.3, -0.25) is 25.1 Å². The minimum absolute atomic E-state index is 0.0564. The molecule has 1 fully saturated rings. The SMILES string of the molecule is Cc1ccc(N2NC(=O)/C(=C/c3ccc([N+](=O)[O-])o3)C2=O)cc1. The number of benzene rings is 1. The quantitative estimate of drug-likeness (QED) is 0.403. The summed E-state index contributed by atoms with van der Waals surface area (Å²) >= 11 is 0. The summed E-state index contributed by atoms with van der Waals surface area (Å²) in [6.45, 7) is 1.91. The van der Waals surface area contributed by atoms with Gasteiger partial charge in [0, 0.05) is 0 Å². The molecule has 0 spiro atoms. The Hall–Kier alpha value is -3.42. The number of anilines is 1. The molecule has 8 nitrogen and oxygen atoms in total. The van der Waals surface area contributed by atoms with Gasteiger partial charge in [0.2, 0.25) is 0 Å². The molecule has 1 aliphatic heterocycles. The summed E-state index contributed by atoms with van der Waals surface area (Å²) in [5, 5.41) is 11.7. The van der Waals surface area contributed by atoms with Gasteiger partial charge in [-0.15, -0.1) is 0 Å². The standard InChI is InChI=1S/C15H11N3O5/c1-9-2-4-10(5-3-9)17-15(20)12(14(19)16-17)8-11-6-7-13(23-11)18(21)22/h2-8H,1H3,(H,16,19)/b12-8-. The first-order valence-electron chi connectivity index (χ1n) is 6.64. The molecule has 0 bridgehead atoms. The topological polar surface area (TPSA) is 106 Å². The number of nitrogens with one attached hydrogen (secondary N) is 1. The summed E-state index contributed by atoms with van der Waals surface area (Å²) in [6, 6.07) is 9.50. The maximum absolute atomic E-state index is 12.3. The van der Waals surface area contributed by atoms with Crippen LogP contribution in [0.2, 0.25) is 0 Å². The van der Waals surface area contributed by atoms with Crippen molar-refractivity contribution in [3.8, 4) is 0 Å². The van der Waals surface area contributed by atoms with Crippen LogP contribution in [0.4, 0.5) is 11.6 Å². The first-order valence-corrected chi connectivity index (χ1v) is 6.64. The lowest BCUT2D eigenvalue weighted by molar-refractivity contribution is -0.402. The van der Waals surface area contributed by atoms with Crippen molar-refractivity contribution in [3.63, 3.8) is 0 Å². The molecule has 3 rings (SSSR count). The normalized spacial score (nSPS) is 16.0. The summed E-state index contributed by atoms with van der Waals surface area (Å²) in [7, 11) is 0. The molecular formula is C15H11N3O5. The van der Waals surface area contributed by atoms with Crippen molar-refractivity contribution in [1.82, 2.24) is 5.43 Å². The van der Waals surface area contributed by atoms with Crippen LogP contribution in [0, 0.1) is 17.0 Å². The number of nitrogens with zero attached hydrogens (tertiary/aromatic N) is 2. The van der Waals surface area contributed by atoms with Crippen LogP contribution in [-0.2, 0) is 9.59 Å². The molecule has 0 saturated carbocycles. The Kier molecular flexibility index (Phi) is 3.41. The number of carbonyl (C=O) groups excluding carboxylic acids is 2. The minimum atomic E-state index is -0.697. The van der Waals surface area contributed by atoms with Crippen molar-refractivity contribution in [2.24, 2.45) is 0 Å². The van der Waals surface area contributed by atoms with E-state index in [0.29, 0.717) is 5.69 Å². The number of rotatable bonds is 3. The van der Waals surface area contributed by atoms with Crippen LogP contribution in [-0.4, -0.2) is 16.7 Å². The Bertz CT molecular complexity index is 835. The Morgan fingerprint density at radius 2 is 1.87 bits per heavy atom. The molecule has 1 N–H and O–H groups in total. The molecule has 0 aliphatic carbocycles. The molecule has 1 aliphatic rings. The number of furan rings is 1. The zero-order chi connectivity index (χ0) is 16.6. The van der Waals surface area contributed by atoms with Crippen LogP contribution in [0.3, 0.4) is 0 Å². The average Bonchev–Trinajstić information content (AvgIpc) is 3.09. The molecule has 2 heterocycles. The first kappa shape index (κ1) is 14.5. The van der Waals surface area contributed by atoms with Gasteiger partial charge >= 0.3 is 5.88 Å². The number of amides is 2. The van der Waals surface area contributed by atoms with Crippen molar-refractivity contribution < 1.29 is 18.9 Å². The summed E-state index contributed by atoms with van der Waals surface area (Å²) < 4.78 is 4.93. The van der Waals surface area contributed by atoms with E-state index < -0.39 is 22.6 Å². The minimum Gasteiger partial charge on any atom is -0.401 e. The molecule has 0 unspecified atom stereocenters. The lowest BCUT2D eigenvalue weighted by Crippen LogP contribution is -2.35. The number of carbonyl (C=O) groups is 2. The van der Waals surface area contributed by atoms with Crippen molar-refractivity contribution in [1.29, 1.82) is 0 Å². The molecule has 1 aromatic carbocycles. The molecule has 0 atom stereocenters. The van der Waals surface area contributed by atoms with Gasteiger partial charge in [0.1, 0.15) is 16.3 Å². The van der Waals surface area contributed by atoms with Crippen molar-refractivity contribution in [2.75, 3.05) is 5.01 Å². The molecule has 1 aromatic heterocycles. The molecule has 23 heavy (non-hydrogen) atoms. The zero-order valence-electron chi connectivity index (χ0n) is 12.0. The van der Waals surface area contributed by atoms with Gasteiger partial charge in [0.05, 0.1) is 11.8 Å². The number of nitro groups is 1. The number of aryl methyl sites for hydroxylation is 1.